The van der Waals surface area contributed by atoms with Gasteiger partial charge in [0, 0.05) is 42.5 Å². The van der Waals surface area contributed by atoms with Gasteiger partial charge in [0.15, 0.2) is 5.82 Å². The second-order valence-electron chi connectivity index (χ2n) is 11.1. The lowest BCUT2D eigenvalue weighted by molar-refractivity contribution is -0.136. The molecule has 0 spiro atoms. The number of imide groups is 1. The van der Waals surface area contributed by atoms with Gasteiger partial charge in [-0.25, -0.2) is 0 Å². The molecule has 6 rings (SSSR count). The third-order valence-corrected chi connectivity index (χ3v) is 8.33. The van der Waals surface area contributed by atoms with E-state index in [-0.39, 0.29) is 36.7 Å². The van der Waals surface area contributed by atoms with Crippen LogP contribution in [0, 0.1) is 20.8 Å². The maximum atomic E-state index is 13.8. The van der Waals surface area contributed by atoms with Gasteiger partial charge in [-0.15, -0.1) is 0 Å². The Kier molecular flexibility index (Phi) is 6.88. The minimum atomic E-state index is -0.658. The number of fused-ring (bicyclic) bond motifs is 1. The third kappa shape index (κ3) is 4.89. The Bertz CT molecular complexity index is 1550. The molecule has 0 radical (unpaired) electrons. The van der Waals surface area contributed by atoms with Crippen molar-refractivity contribution >= 4 is 23.6 Å². The van der Waals surface area contributed by atoms with Crippen LogP contribution in [0.4, 0.5) is 0 Å². The summed E-state index contributed by atoms with van der Waals surface area (Å²) in [6.45, 7) is 6.97. The minimum Gasteiger partial charge on any atom is -0.491 e. The SMILES string of the molecule is Cc1cc(-n2c(C)cc(C(=O)N3CCCC[C@@H]3COc3ccc4c(c3)CN(C3CCC(=O)NC3=O)C4=O)c2C)no1. The molecule has 2 atom stereocenters. The van der Waals surface area contributed by atoms with E-state index in [1.165, 1.54) is 4.90 Å². The summed E-state index contributed by atoms with van der Waals surface area (Å²) in [5, 5.41) is 6.45. The van der Waals surface area contributed by atoms with Crippen molar-refractivity contribution in [2.75, 3.05) is 13.2 Å². The molecule has 214 valence electrons. The number of ether oxygens (including phenoxy) is 1. The van der Waals surface area contributed by atoms with E-state index in [1.54, 1.807) is 12.1 Å². The molecule has 2 saturated heterocycles. The number of aryl methyl sites for hydroxylation is 2. The van der Waals surface area contributed by atoms with Crippen molar-refractivity contribution in [2.24, 2.45) is 0 Å². The van der Waals surface area contributed by atoms with Crippen LogP contribution in [-0.4, -0.2) is 68.4 Å². The van der Waals surface area contributed by atoms with Crippen LogP contribution < -0.4 is 10.1 Å². The lowest BCUT2D eigenvalue weighted by Crippen LogP contribution is -2.52. The standard InChI is InChI=1S/C30H33N5O6/c1-17-12-24(19(3)35(17)26-13-18(2)41-32-26)30(39)33-11-5-4-6-21(33)16-40-22-7-8-23-20(14-22)15-34(29(23)38)25-9-10-27(36)31-28(25)37/h7-8,12-14,21,25H,4-6,9-11,15-16H2,1-3H3,(H,31,36,37)/t21-,25?/m1/s1. The summed E-state index contributed by atoms with van der Waals surface area (Å²) in [6, 6.07) is 8.32. The van der Waals surface area contributed by atoms with Crippen molar-refractivity contribution in [1.29, 1.82) is 0 Å². The number of carbonyl (C=O) groups is 4. The van der Waals surface area contributed by atoms with Gasteiger partial charge in [-0.1, -0.05) is 5.16 Å². The van der Waals surface area contributed by atoms with E-state index in [4.69, 9.17) is 9.26 Å². The normalized spacial score (nSPS) is 20.8. The van der Waals surface area contributed by atoms with E-state index in [9.17, 15) is 19.2 Å². The first kappa shape index (κ1) is 26.8. The molecule has 4 amide bonds. The Morgan fingerprint density at radius 3 is 2.68 bits per heavy atom. The molecule has 0 saturated carbocycles. The fourth-order valence-corrected chi connectivity index (χ4v) is 6.22. The van der Waals surface area contributed by atoms with Crippen LogP contribution in [0.2, 0.25) is 0 Å². The number of carbonyl (C=O) groups excluding carboxylic acids is 4. The van der Waals surface area contributed by atoms with Crippen molar-refractivity contribution in [3.05, 3.63) is 64.2 Å². The van der Waals surface area contributed by atoms with Crippen molar-refractivity contribution in [3.63, 3.8) is 0 Å². The minimum absolute atomic E-state index is 0.0303. The van der Waals surface area contributed by atoms with E-state index < -0.39 is 11.9 Å². The number of aromatic nitrogens is 2. The summed E-state index contributed by atoms with van der Waals surface area (Å²) in [5.41, 5.74) is 3.68. The predicted molar refractivity (Wildman–Crippen MR) is 147 cm³/mol. The lowest BCUT2D eigenvalue weighted by Gasteiger charge is -2.35. The number of benzene rings is 1. The van der Waals surface area contributed by atoms with Gasteiger partial charge in [-0.2, -0.15) is 0 Å². The number of likely N-dealkylation sites (tertiary alicyclic amines) is 1. The molecule has 2 aromatic heterocycles. The Balaban J connectivity index is 1.15. The number of nitrogens with one attached hydrogen (secondary N) is 1. The van der Waals surface area contributed by atoms with Crippen LogP contribution >= 0.6 is 0 Å². The summed E-state index contributed by atoms with van der Waals surface area (Å²) >= 11 is 0. The monoisotopic (exact) mass is 559 g/mol. The van der Waals surface area contributed by atoms with E-state index in [0.29, 0.717) is 48.0 Å². The highest BCUT2D eigenvalue weighted by Crippen LogP contribution is 2.31. The Hall–Kier alpha value is -4.41. The second kappa shape index (κ2) is 10.5. The Morgan fingerprint density at radius 1 is 1.10 bits per heavy atom. The van der Waals surface area contributed by atoms with Gasteiger partial charge >= 0.3 is 0 Å². The van der Waals surface area contributed by atoms with E-state index in [0.717, 1.165) is 36.2 Å². The molecule has 3 aliphatic rings. The first-order chi connectivity index (χ1) is 19.7. The first-order valence-electron chi connectivity index (χ1n) is 14.0. The number of amides is 4. The molecule has 41 heavy (non-hydrogen) atoms. The van der Waals surface area contributed by atoms with Crippen LogP contribution in [0.1, 0.15) is 75.5 Å². The van der Waals surface area contributed by atoms with Crippen molar-refractivity contribution in [3.8, 4) is 11.6 Å². The zero-order valence-corrected chi connectivity index (χ0v) is 23.4. The summed E-state index contributed by atoms with van der Waals surface area (Å²) in [4.78, 5) is 54.1. The van der Waals surface area contributed by atoms with Crippen LogP contribution in [0.25, 0.3) is 5.82 Å². The van der Waals surface area contributed by atoms with Gasteiger partial charge in [0.2, 0.25) is 11.8 Å². The lowest BCUT2D eigenvalue weighted by atomic mass is 10.0. The smallest absolute Gasteiger partial charge is 0.256 e. The molecular formula is C30H33N5O6. The first-order valence-corrected chi connectivity index (χ1v) is 14.0. The molecular weight excluding hydrogens is 526 g/mol. The van der Waals surface area contributed by atoms with E-state index in [2.05, 4.69) is 10.5 Å². The Morgan fingerprint density at radius 2 is 1.93 bits per heavy atom. The van der Waals surface area contributed by atoms with Crippen LogP contribution in [0.15, 0.2) is 34.9 Å². The zero-order chi connectivity index (χ0) is 28.8. The summed E-state index contributed by atoms with van der Waals surface area (Å²) < 4.78 is 13.4. The van der Waals surface area contributed by atoms with Gasteiger partial charge in [0.25, 0.3) is 11.8 Å². The Labute approximate surface area is 237 Å². The number of hydrogen-bond acceptors (Lipinski definition) is 7. The van der Waals surface area contributed by atoms with Crippen molar-refractivity contribution in [2.45, 2.75) is 71.5 Å². The molecule has 3 aromatic rings. The molecule has 3 aliphatic heterocycles. The fraction of sp³-hybridized carbons (Fsp3) is 0.433. The molecule has 11 heteroatoms. The predicted octanol–water partition coefficient (Wildman–Crippen LogP) is 3.23. The molecule has 2 fully saturated rings. The highest BCUT2D eigenvalue weighted by molar-refractivity contribution is 6.05. The van der Waals surface area contributed by atoms with Gasteiger partial charge in [0.05, 0.1) is 11.6 Å². The molecule has 1 unspecified atom stereocenters. The molecule has 1 aromatic carbocycles. The number of nitrogens with zero attached hydrogens (tertiary/aromatic N) is 4. The van der Waals surface area contributed by atoms with Crippen LogP contribution in [0.3, 0.4) is 0 Å². The molecule has 0 bridgehead atoms. The molecule has 1 N–H and O–H groups in total. The van der Waals surface area contributed by atoms with Gasteiger partial charge < -0.3 is 19.1 Å². The average molecular weight is 560 g/mol. The maximum absolute atomic E-state index is 13.8. The summed E-state index contributed by atoms with van der Waals surface area (Å²) in [7, 11) is 0. The van der Waals surface area contributed by atoms with Gasteiger partial charge in [0.1, 0.15) is 24.2 Å². The maximum Gasteiger partial charge on any atom is 0.256 e. The van der Waals surface area contributed by atoms with E-state index >= 15 is 0 Å². The summed E-state index contributed by atoms with van der Waals surface area (Å²) in [5.74, 6) is 0.974. The zero-order valence-electron chi connectivity index (χ0n) is 23.4. The summed E-state index contributed by atoms with van der Waals surface area (Å²) in [6.07, 6.45) is 3.31. The van der Waals surface area contributed by atoms with Crippen LogP contribution in [-0.2, 0) is 16.1 Å². The van der Waals surface area contributed by atoms with Crippen LogP contribution in [0.5, 0.6) is 5.75 Å². The fourth-order valence-electron chi connectivity index (χ4n) is 6.22. The quantitative estimate of drug-likeness (QED) is 0.460. The highest BCUT2D eigenvalue weighted by atomic mass is 16.5. The highest BCUT2D eigenvalue weighted by Gasteiger charge is 2.39. The molecule has 11 nitrogen and oxygen atoms in total. The van der Waals surface area contributed by atoms with Crippen molar-refractivity contribution in [1.82, 2.24) is 24.8 Å². The number of hydrogen-bond donors (Lipinski definition) is 1. The topological polar surface area (TPSA) is 127 Å². The molecule has 5 heterocycles. The van der Waals surface area contributed by atoms with Gasteiger partial charge in [-0.05, 0) is 76.3 Å². The number of rotatable bonds is 6. The second-order valence-corrected chi connectivity index (χ2v) is 11.1. The third-order valence-electron chi connectivity index (χ3n) is 8.33. The molecule has 0 aliphatic carbocycles. The largest absolute Gasteiger partial charge is 0.491 e. The van der Waals surface area contributed by atoms with Gasteiger partial charge in [-0.3, -0.25) is 29.1 Å². The average Bonchev–Trinajstić information content (AvgIpc) is 3.61. The number of piperidine rings is 2. The van der Waals surface area contributed by atoms with E-state index in [1.807, 2.05) is 48.4 Å². The van der Waals surface area contributed by atoms with Crippen molar-refractivity contribution < 1.29 is 28.4 Å².